The van der Waals surface area contributed by atoms with Crippen molar-refractivity contribution in [3.05, 3.63) is 71.8 Å². The van der Waals surface area contributed by atoms with Gasteiger partial charge in [-0.05, 0) is 48.5 Å². The first kappa shape index (κ1) is 26.4. The van der Waals surface area contributed by atoms with Crippen molar-refractivity contribution in [2.45, 2.75) is 49.5 Å². The highest BCUT2D eigenvalue weighted by molar-refractivity contribution is 7.91. The van der Waals surface area contributed by atoms with Crippen molar-refractivity contribution in [1.29, 1.82) is 0 Å². The molecule has 2 atom stereocenters. The normalized spacial score (nSPS) is 18.4. The van der Waals surface area contributed by atoms with E-state index >= 15 is 0 Å². The number of nitrogens with zero attached hydrogens (tertiary/aromatic N) is 4. The topological polar surface area (TPSA) is 109 Å². The number of pyridine rings is 2. The maximum Gasteiger partial charge on any atom is 0.248 e. The number of hydrazine groups is 1. The van der Waals surface area contributed by atoms with Crippen LogP contribution < -0.4 is 11.6 Å². The summed E-state index contributed by atoms with van der Waals surface area (Å²) in [6.07, 6.45) is 7.11. The van der Waals surface area contributed by atoms with Gasteiger partial charge in [-0.2, -0.15) is 0 Å². The van der Waals surface area contributed by atoms with E-state index < -0.39 is 17.1 Å². The minimum Gasteiger partial charge on any atom is -0.612 e. The summed E-state index contributed by atoms with van der Waals surface area (Å²) in [7, 11) is 1.71. The van der Waals surface area contributed by atoms with Crippen molar-refractivity contribution in [3.8, 4) is 0 Å². The Morgan fingerprint density at radius 1 is 1.18 bits per heavy atom. The zero-order valence-corrected chi connectivity index (χ0v) is 22.5. The Hall–Kier alpha value is -3.21. The Bertz CT molecular complexity index is 1490. The standard InChI is InChI=1S/C28H32F2N6OS/c1-17(31)25(35(2)32)20-13-22-24(34-14-20)21-15-33-16-23(38(3)37)27(21)36(22)26(18-7-5-4-6-8-18)19-9-11-28(29,30)12-10-19/h4-8,13-16,19,26H,9-12,31-32H2,1-3H3/b25-17-. The van der Waals surface area contributed by atoms with Gasteiger partial charge in [-0.15, -0.1) is 0 Å². The summed E-state index contributed by atoms with van der Waals surface area (Å²) in [5, 5.41) is 2.22. The van der Waals surface area contributed by atoms with Crippen LogP contribution in [0.25, 0.3) is 27.6 Å². The highest BCUT2D eigenvalue weighted by Crippen LogP contribution is 2.46. The molecular weight excluding hydrogens is 506 g/mol. The molecule has 0 spiro atoms. The number of halogens is 2. The lowest BCUT2D eigenvalue weighted by Gasteiger charge is -2.36. The summed E-state index contributed by atoms with van der Waals surface area (Å²) in [6, 6.07) is 11.6. The highest BCUT2D eigenvalue weighted by Gasteiger charge is 2.40. The van der Waals surface area contributed by atoms with Crippen LogP contribution in [0.2, 0.25) is 0 Å². The van der Waals surface area contributed by atoms with E-state index in [4.69, 9.17) is 16.6 Å². The van der Waals surface area contributed by atoms with Crippen LogP contribution in [0, 0.1) is 5.92 Å². The molecule has 4 N–H and O–H groups in total. The number of allylic oxidation sites excluding steroid dienone is 1. The summed E-state index contributed by atoms with van der Waals surface area (Å²) in [4.78, 5) is 9.76. The van der Waals surface area contributed by atoms with Crippen LogP contribution in [0.5, 0.6) is 0 Å². The molecule has 1 aliphatic rings. The number of hydrogen-bond donors (Lipinski definition) is 2. The highest BCUT2D eigenvalue weighted by atomic mass is 32.2. The summed E-state index contributed by atoms with van der Waals surface area (Å²) < 4.78 is 43.6. The molecule has 0 saturated heterocycles. The molecule has 200 valence electrons. The SMILES string of the molecule is C/C(N)=C(\c1cnc2c3cncc([S+](C)[O-])c3n(C(c3ccccc3)C3CCC(F)(F)CC3)c2c1)N(C)N. The number of alkyl halides is 2. The molecule has 1 aromatic carbocycles. The fourth-order valence-corrected chi connectivity index (χ4v) is 6.51. The molecule has 0 radical (unpaired) electrons. The maximum atomic E-state index is 14.3. The Morgan fingerprint density at radius 3 is 2.47 bits per heavy atom. The van der Waals surface area contributed by atoms with Gasteiger partial charge >= 0.3 is 0 Å². The second kappa shape index (κ2) is 10.2. The van der Waals surface area contributed by atoms with Gasteiger partial charge in [0.05, 0.1) is 29.0 Å². The molecule has 5 rings (SSSR count). The maximum absolute atomic E-state index is 14.3. The second-order valence-corrected chi connectivity index (χ2v) is 11.5. The van der Waals surface area contributed by atoms with Gasteiger partial charge in [0.15, 0.2) is 4.90 Å². The summed E-state index contributed by atoms with van der Waals surface area (Å²) in [5.41, 5.74) is 11.3. The monoisotopic (exact) mass is 538 g/mol. The van der Waals surface area contributed by atoms with E-state index in [0.29, 0.717) is 34.6 Å². The molecule has 10 heteroatoms. The van der Waals surface area contributed by atoms with Gasteiger partial charge in [-0.1, -0.05) is 30.3 Å². The number of aromatic nitrogens is 3. The van der Waals surface area contributed by atoms with Gasteiger partial charge in [0.1, 0.15) is 11.8 Å². The van der Waals surface area contributed by atoms with Crippen LogP contribution in [0.15, 0.2) is 65.6 Å². The van der Waals surface area contributed by atoms with Crippen LogP contribution in [0.4, 0.5) is 8.78 Å². The van der Waals surface area contributed by atoms with Crippen LogP contribution in [0.3, 0.4) is 0 Å². The molecule has 2 unspecified atom stereocenters. The third-order valence-electron chi connectivity index (χ3n) is 7.44. The van der Waals surface area contributed by atoms with Crippen molar-refractivity contribution >= 4 is 38.8 Å². The minimum atomic E-state index is -2.66. The first-order chi connectivity index (χ1) is 18.1. The van der Waals surface area contributed by atoms with Crippen molar-refractivity contribution in [1.82, 2.24) is 19.5 Å². The number of hydrogen-bond acceptors (Lipinski definition) is 6. The molecule has 7 nitrogen and oxygen atoms in total. The second-order valence-electron chi connectivity index (χ2n) is 10.1. The summed E-state index contributed by atoms with van der Waals surface area (Å²) >= 11 is -1.35. The van der Waals surface area contributed by atoms with Crippen LogP contribution in [0.1, 0.15) is 49.8 Å². The molecule has 0 bridgehead atoms. The smallest absolute Gasteiger partial charge is 0.248 e. The predicted octanol–water partition coefficient (Wildman–Crippen LogP) is 5.19. The summed E-state index contributed by atoms with van der Waals surface area (Å²) in [5.74, 6) is 3.41. The van der Waals surface area contributed by atoms with Crippen LogP contribution in [-0.4, -0.2) is 43.3 Å². The molecule has 0 aliphatic heterocycles. The molecule has 3 heterocycles. The molecule has 1 saturated carbocycles. The predicted molar refractivity (Wildman–Crippen MR) is 148 cm³/mol. The van der Waals surface area contributed by atoms with E-state index in [-0.39, 0.29) is 24.8 Å². The first-order valence-electron chi connectivity index (χ1n) is 12.6. The Morgan fingerprint density at radius 2 is 1.87 bits per heavy atom. The van der Waals surface area contributed by atoms with Crippen molar-refractivity contribution in [2.75, 3.05) is 13.3 Å². The fourth-order valence-electron chi connectivity index (χ4n) is 5.82. The Kier molecular flexibility index (Phi) is 7.06. The van der Waals surface area contributed by atoms with Crippen molar-refractivity contribution in [2.24, 2.45) is 17.5 Å². The van der Waals surface area contributed by atoms with Crippen LogP contribution in [-0.2, 0) is 11.2 Å². The third-order valence-corrected chi connectivity index (χ3v) is 8.36. The Labute approximate surface area is 223 Å². The lowest BCUT2D eigenvalue weighted by molar-refractivity contribution is -0.0493. The van der Waals surface area contributed by atoms with Gasteiger partial charge < -0.3 is 19.9 Å². The number of nitrogens with two attached hydrogens (primary N) is 2. The van der Waals surface area contributed by atoms with E-state index in [2.05, 4.69) is 9.55 Å². The molecule has 1 fully saturated rings. The van der Waals surface area contributed by atoms with Gasteiger partial charge in [0, 0.05) is 48.9 Å². The van der Waals surface area contributed by atoms with Crippen LogP contribution >= 0.6 is 0 Å². The summed E-state index contributed by atoms with van der Waals surface area (Å²) in [6.45, 7) is 1.77. The van der Waals surface area contributed by atoms with E-state index in [1.54, 1.807) is 38.8 Å². The molecule has 1 aliphatic carbocycles. The van der Waals surface area contributed by atoms with Crippen molar-refractivity contribution < 1.29 is 13.3 Å². The number of rotatable bonds is 6. The van der Waals surface area contributed by atoms with E-state index in [9.17, 15) is 13.3 Å². The lowest BCUT2D eigenvalue weighted by Crippen LogP contribution is -2.30. The van der Waals surface area contributed by atoms with Gasteiger partial charge in [0.2, 0.25) is 5.92 Å². The molecule has 3 aromatic heterocycles. The molecular formula is C28H32F2N6OS. The van der Waals surface area contributed by atoms with E-state index in [1.807, 2.05) is 36.4 Å². The number of fused-ring (bicyclic) bond motifs is 3. The average Bonchev–Trinajstić information content (AvgIpc) is 3.19. The molecule has 4 aromatic rings. The third kappa shape index (κ3) is 4.72. The van der Waals surface area contributed by atoms with Gasteiger partial charge in [0.25, 0.3) is 0 Å². The Balaban J connectivity index is 1.86. The average molecular weight is 539 g/mol. The largest absolute Gasteiger partial charge is 0.612 e. The quantitative estimate of drug-likeness (QED) is 0.199. The van der Waals surface area contributed by atoms with E-state index in [0.717, 1.165) is 27.5 Å². The zero-order chi connectivity index (χ0) is 27.2. The van der Waals surface area contributed by atoms with Crippen molar-refractivity contribution in [3.63, 3.8) is 0 Å². The molecule has 0 amide bonds. The number of benzene rings is 1. The lowest BCUT2D eigenvalue weighted by atomic mass is 9.79. The molecule has 38 heavy (non-hydrogen) atoms. The van der Waals surface area contributed by atoms with E-state index in [1.165, 1.54) is 5.01 Å². The van der Waals surface area contributed by atoms with Gasteiger partial charge in [-0.3, -0.25) is 9.97 Å². The minimum absolute atomic E-state index is 0.0609. The van der Waals surface area contributed by atoms with Gasteiger partial charge in [-0.25, -0.2) is 14.6 Å². The zero-order valence-electron chi connectivity index (χ0n) is 21.7. The first-order valence-corrected chi connectivity index (χ1v) is 14.1. The fraction of sp³-hybridized carbons (Fsp3) is 0.357.